The van der Waals surface area contributed by atoms with Crippen LogP contribution in [0.3, 0.4) is 0 Å². The van der Waals surface area contributed by atoms with Crippen molar-refractivity contribution >= 4 is 15.9 Å². The highest BCUT2D eigenvalue weighted by molar-refractivity contribution is 7.89. The zero-order valence-electron chi connectivity index (χ0n) is 12.6. The van der Waals surface area contributed by atoms with E-state index in [1.165, 1.54) is 12.1 Å². The monoisotopic (exact) mass is 312 g/mol. The predicted molar refractivity (Wildman–Crippen MR) is 83.0 cm³/mol. The molecule has 6 heteroatoms. The third kappa shape index (κ3) is 5.85. The zero-order valence-corrected chi connectivity index (χ0v) is 13.4. The molecule has 1 aromatic carbocycles. The van der Waals surface area contributed by atoms with E-state index in [2.05, 4.69) is 19.2 Å². The molecule has 21 heavy (non-hydrogen) atoms. The molecule has 1 aromatic rings. The molecule has 0 fully saturated rings. The first-order valence-corrected chi connectivity index (χ1v) is 8.82. The number of amides is 1. The van der Waals surface area contributed by atoms with Crippen molar-refractivity contribution in [3.8, 4) is 0 Å². The Balaban J connectivity index is 2.68. The van der Waals surface area contributed by atoms with Crippen LogP contribution in [0, 0.1) is 5.92 Å². The van der Waals surface area contributed by atoms with E-state index in [4.69, 9.17) is 5.14 Å². The lowest BCUT2D eigenvalue weighted by Crippen LogP contribution is -2.30. The second-order valence-electron chi connectivity index (χ2n) is 5.18. The first-order valence-electron chi connectivity index (χ1n) is 7.28. The molecule has 3 N–H and O–H groups in total. The van der Waals surface area contributed by atoms with Gasteiger partial charge in [0.25, 0.3) is 0 Å². The van der Waals surface area contributed by atoms with E-state index >= 15 is 0 Å². The van der Waals surface area contributed by atoms with Gasteiger partial charge in [-0.05, 0) is 30.5 Å². The fourth-order valence-corrected chi connectivity index (χ4v) is 2.85. The molecule has 0 aliphatic rings. The molecule has 0 atom stereocenters. The van der Waals surface area contributed by atoms with Crippen LogP contribution in [0.4, 0.5) is 0 Å². The van der Waals surface area contributed by atoms with Gasteiger partial charge in [0, 0.05) is 12.5 Å². The van der Waals surface area contributed by atoms with Gasteiger partial charge in [0.15, 0.2) is 0 Å². The van der Waals surface area contributed by atoms with Crippen LogP contribution >= 0.6 is 0 Å². The summed E-state index contributed by atoms with van der Waals surface area (Å²) < 4.78 is 22.6. The number of primary sulfonamides is 1. The van der Waals surface area contributed by atoms with Crippen molar-refractivity contribution in [1.82, 2.24) is 5.32 Å². The van der Waals surface area contributed by atoms with Gasteiger partial charge in [-0.3, -0.25) is 4.79 Å². The van der Waals surface area contributed by atoms with E-state index in [1.807, 2.05) is 0 Å². The molecule has 0 spiro atoms. The van der Waals surface area contributed by atoms with Gasteiger partial charge in [-0.2, -0.15) is 0 Å². The number of carbonyl (C=O) groups is 1. The molecule has 5 nitrogen and oxygen atoms in total. The number of hydrogen-bond acceptors (Lipinski definition) is 3. The van der Waals surface area contributed by atoms with Crippen LogP contribution < -0.4 is 10.5 Å². The molecule has 0 aromatic heterocycles. The molecular formula is C15H24N2O3S. The Bertz CT molecular complexity index is 564. The highest BCUT2D eigenvalue weighted by Gasteiger charge is 2.16. The fourth-order valence-electron chi connectivity index (χ4n) is 2.27. The first-order chi connectivity index (χ1) is 9.88. The summed E-state index contributed by atoms with van der Waals surface area (Å²) in [6, 6.07) is 6.32. The van der Waals surface area contributed by atoms with E-state index < -0.39 is 10.0 Å². The molecule has 0 saturated heterocycles. The van der Waals surface area contributed by atoms with Gasteiger partial charge in [-0.1, -0.05) is 38.8 Å². The summed E-state index contributed by atoms with van der Waals surface area (Å²) >= 11 is 0. The quantitative estimate of drug-likeness (QED) is 0.771. The third-order valence-corrected chi connectivity index (χ3v) is 4.25. The molecule has 0 radical (unpaired) electrons. The Morgan fingerprint density at radius 2 is 1.86 bits per heavy atom. The second kappa shape index (κ2) is 8.14. The third-order valence-electron chi connectivity index (χ3n) is 3.34. The van der Waals surface area contributed by atoms with Crippen molar-refractivity contribution in [1.29, 1.82) is 0 Å². The number of nitrogens with one attached hydrogen (secondary N) is 1. The van der Waals surface area contributed by atoms with Crippen LogP contribution in [-0.2, 0) is 21.4 Å². The number of carbonyl (C=O) groups excluding carboxylic acids is 1. The topological polar surface area (TPSA) is 89.3 Å². The lowest BCUT2D eigenvalue weighted by Gasteiger charge is -2.15. The SMILES string of the molecule is CCCC(CCC)C(=O)NCc1cccc(S(N)(=O)=O)c1. The summed E-state index contributed by atoms with van der Waals surface area (Å²) in [4.78, 5) is 12.2. The summed E-state index contributed by atoms with van der Waals surface area (Å²) in [6.45, 7) is 4.43. The minimum atomic E-state index is -3.71. The van der Waals surface area contributed by atoms with Gasteiger partial charge in [0.1, 0.15) is 0 Å². The number of benzene rings is 1. The van der Waals surface area contributed by atoms with Gasteiger partial charge >= 0.3 is 0 Å². The minimum Gasteiger partial charge on any atom is -0.352 e. The molecule has 0 aliphatic heterocycles. The van der Waals surface area contributed by atoms with Crippen molar-refractivity contribution < 1.29 is 13.2 Å². The van der Waals surface area contributed by atoms with Gasteiger partial charge in [-0.25, -0.2) is 13.6 Å². The Hall–Kier alpha value is -1.40. The maximum Gasteiger partial charge on any atom is 0.238 e. The molecule has 0 heterocycles. The van der Waals surface area contributed by atoms with Gasteiger partial charge in [0.05, 0.1) is 4.90 Å². The molecule has 0 saturated carbocycles. The Morgan fingerprint density at radius 3 is 2.38 bits per heavy atom. The Labute approximate surface area is 127 Å². The van der Waals surface area contributed by atoms with E-state index in [0.717, 1.165) is 31.2 Å². The smallest absolute Gasteiger partial charge is 0.238 e. The van der Waals surface area contributed by atoms with Crippen molar-refractivity contribution in [2.75, 3.05) is 0 Å². The lowest BCUT2D eigenvalue weighted by molar-refractivity contribution is -0.125. The minimum absolute atomic E-state index is 0.0275. The van der Waals surface area contributed by atoms with Crippen molar-refractivity contribution in [3.05, 3.63) is 29.8 Å². The summed E-state index contributed by atoms with van der Waals surface area (Å²) in [6.07, 6.45) is 3.69. The van der Waals surface area contributed by atoms with E-state index in [1.54, 1.807) is 12.1 Å². The standard InChI is InChI=1S/C15H24N2O3S/c1-3-6-13(7-4-2)15(18)17-11-12-8-5-9-14(10-12)21(16,19)20/h5,8-10,13H,3-4,6-7,11H2,1-2H3,(H,17,18)(H2,16,19,20). The molecular weight excluding hydrogens is 288 g/mol. The average Bonchev–Trinajstić information content (AvgIpc) is 2.44. The fraction of sp³-hybridized carbons (Fsp3) is 0.533. The molecule has 1 rings (SSSR count). The van der Waals surface area contributed by atoms with E-state index in [0.29, 0.717) is 6.54 Å². The number of hydrogen-bond donors (Lipinski definition) is 2. The summed E-state index contributed by atoms with van der Waals surface area (Å²) in [5.74, 6) is 0.0566. The summed E-state index contributed by atoms with van der Waals surface area (Å²) in [5, 5.41) is 7.97. The van der Waals surface area contributed by atoms with Crippen molar-refractivity contribution in [2.45, 2.75) is 51.0 Å². The Morgan fingerprint density at radius 1 is 1.24 bits per heavy atom. The zero-order chi connectivity index (χ0) is 15.9. The van der Waals surface area contributed by atoms with Crippen LogP contribution in [0.2, 0.25) is 0 Å². The van der Waals surface area contributed by atoms with Crippen LogP contribution in [0.25, 0.3) is 0 Å². The summed E-state index contributed by atoms with van der Waals surface area (Å²) in [5.41, 5.74) is 0.724. The predicted octanol–water partition coefficient (Wildman–Crippen LogP) is 2.17. The van der Waals surface area contributed by atoms with E-state index in [-0.39, 0.29) is 16.7 Å². The molecule has 0 aliphatic carbocycles. The van der Waals surface area contributed by atoms with Crippen molar-refractivity contribution in [3.63, 3.8) is 0 Å². The van der Waals surface area contributed by atoms with Crippen molar-refractivity contribution in [2.24, 2.45) is 11.1 Å². The van der Waals surface area contributed by atoms with Crippen LogP contribution in [0.5, 0.6) is 0 Å². The number of rotatable bonds is 8. The normalized spacial score (nSPS) is 11.6. The molecule has 0 unspecified atom stereocenters. The highest BCUT2D eigenvalue weighted by Crippen LogP contribution is 2.14. The second-order valence-corrected chi connectivity index (χ2v) is 6.75. The van der Waals surface area contributed by atoms with Gasteiger partial charge < -0.3 is 5.32 Å². The maximum atomic E-state index is 12.1. The van der Waals surface area contributed by atoms with Crippen LogP contribution in [0.1, 0.15) is 45.1 Å². The lowest BCUT2D eigenvalue weighted by atomic mass is 9.97. The van der Waals surface area contributed by atoms with Gasteiger partial charge in [0.2, 0.25) is 15.9 Å². The average molecular weight is 312 g/mol. The summed E-state index contributed by atoms with van der Waals surface area (Å²) in [7, 11) is -3.71. The molecule has 1 amide bonds. The van der Waals surface area contributed by atoms with Crippen LogP contribution in [-0.4, -0.2) is 14.3 Å². The number of sulfonamides is 1. The number of nitrogens with two attached hydrogens (primary N) is 1. The van der Waals surface area contributed by atoms with E-state index in [9.17, 15) is 13.2 Å². The van der Waals surface area contributed by atoms with Gasteiger partial charge in [-0.15, -0.1) is 0 Å². The van der Waals surface area contributed by atoms with Crippen LogP contribution in [0.15, 0.2) is 29.2 Å². The first kappa shape index (κ1) is 17.7. The largest absolute Gasteiger partial charge is 0.352 e. The Kier molecular flexibility index (Phi) is 6.84. The molecule has 0 bridgehead atoms. The maximum absolute atomic E-state index is 12.1. The molecule has 118 valence electrons. The highest BCUT2D eigenvalue weighted by atomic mass is 32.2.